The Bertz CT molecular complexity index is 717. The third-order valence-corrected chi connectivity index (χ3v) is 4.77. The molecule has 24 heavy (non-hydrogen) atoms. The second-order valence-corrected chi connectivity index (χ2v) is 6.79. The van der Waals surface area contributed by atoms with Gasteiger partial charge in [-0.2, -0.15) is 0 Å². The molecule has 1 aromatic heterocycles. The van der Waals surface area contributed by atoms with Gasteiger partial charge in [-0.15, -0.1) is 5.10 Å². The summed E-state index contributed by atoms with van der Waals surface area (Å²) in [5.74, 6) is 0.845. The number of carbonyl (C=O) groups excluding carboxylic acids is 1. The van der Waals surface area contributed by atoms with Gasteiger partial charge in [0.2, 0.25) is 5.82 Å². The first-order valence-corrected chi connectivity index (χ1v) is 8.49. The maximum absolute atomic E-state index is 12.7. The summed E-state index contributed by atoms with van der Waals surface area (Å²) in [6, 6.07) is 7.86. The van der Waals surface area contributed by atoms with Crippen molar-refractivity contribution in [2.24, 2.45) is 0 Å². The van der Waals surface area contributed by atoms with Crippen molar-refractivity contribution in [3.05, 3.63) is 40.9 Å². The van der Waals surface area contributed by atoms with E-state index in [1.807, 2.05) is 24.0 Å². The van der Waals surface area contributed by atoms with Crippen molar-refractivity contribution in [2.75, 3.05) is 27.2 Å². The third-order valence-electron chi connectivity index (χ3n) is 4.51. The Morgan fingerprint density at radius 3 is 2.42 bits per heavy atom. The maximum atomic E-state index is 12.7. The van der Waals surface area contributed by atoms with E-state index >= 15 is 0 Å². The SMILES string of the molecule is Cc1nc(C(=O)N2CCC(N(C)C)CC2)nn1-c1ccc(Cl)cc1. The summed E-state index contributed by atoms with van der Waals surface area (Å²) in [6.45, 7) is 3.34. The minimum atomic E-state index is -0.0944. The highest BCUT2D eigenvalue weighted by molar-refractivity contribution is 6.30. The Labute approximate surface area is 147 Å². The lowest BCUT2D eigenvalue weighted by molar-refractivity contribution is 0.0651. The number of piperidine rings is 1. The molecule has 1 saturated heterocycles. The Hall–Kier alpha value is -1.92. The molecule has 0 atom stereocenters. The minimum absolute atomic E-state index is 0.0944. The Kier molecular flexibility index (Phi) is 4.87. The molecule has 0 saturated carbocycles. The number of aryl methyl sites for hydroxylation is 1. The Balaban J connectivity index is 1.75. The van der Waals surface area contributed by atoms with E-state index in [1.165, 1.54) is 0 Å². The van der Waals surface area contributed by atoms with Crippen LogP contribution in [-0.4, -0.2) is 63.7 Å². The monoisotopic (exact) mass is 347 g/mol. The number of likely N-dealkylation sites (tertiary alicyclic amines) is 1. The summed E-state index contributed by atoms with van der Waals surface area (Å²) in [5.41, 5.74) is 0.842. The number of hydrogen-bond acceptors (Lipinski definition) is 4. The van der Waals surface area contributed by atoms with Crippen LogP contribution in [0.3, 0.4) is 0 Å². The molecule has 2 heterocycles. The zero-order chi connectivity index (χ0) is 17.3. The van der Waals surface area contributed by atoms with Crippen LogP contribution in [0.4, 0.5) is 0 Å². The molecule has 0 radical (unpaired) electrons. The molecule has 2 aromatic rings. The standard InChI is InChI=1S/C17H22ClN5O/c1-12-19-16(20-23(12)15-6-4-13(18)5-7-15)17(24)22-10-8-14(9-11-22)21(2)3/h4-7,14H,8-11H2,1-3H3. The largest absolute Gasteiger partial charge is 0.336 e. The molecule has 0 spiro atoms. The van der Waals surface area contributed by atoms with Crippen LogP contribution in [0.1, 0.15) is 29.3 Å². The second kappa shape index (κ2) is 6.91. The molecule has 1 amide bonds. The van der Waals surface area contributed by atoms with Crippen molar-refractivity contribution < 1.29 is 4.79 Å². The van der Waals surface area contributed by atoms with Crippen molar-refractivity contribution in [1.82, 2.24) is 24.6 Å². The zero-order valence-corrected chi connectivity index (χ0v) is 15.0. The van der Waals surface area contributed by atoms with E-state index in [4.69, 9.17) is 11.6 Å². The average molecular weight is 348 g/mol. The smallest absolute Gasteiger partial charge is 0.293 e. The van der Waals surface area contributed by atoms with Gasteiger partial charge < -0.3 is 9.80 Å². The molecule has 7 heteroatoms. The fourth-order valence-electron chi connectivity index (χ4n) is 3.03. The van der Waals surface area contributed by atoms with Gasteiger partial charge in [-0.3, -0.25) is 4.79 Å². The summed E-state index contributed by atoms with van der Waals surface area (Å²) in [7, 11) is 4.17. The Morgan fingerprint density at radius 1 is 1.21 bits per heavy atom. The van der Waals surface area contributed by atoms with E-state index in [2.05, 4.69) is 29.1 Å². The summed E-state index contributed by atoms with van der Waals surface area (Å²) < 4.78 is 1.68. The van der Waals surface area contributed by atoms with E-state index in [0.717, 1.165) is 31.6 Å². The fourth-order valence-corrected chi connectivity index (χ4v) is 3.16. The lowest BCUT2D eigenvalue weighted by atomic mass is 10.0. The van der Waals surface area contributed by atoms with Crippen LogP contribution in [0.2, 0.25) is 5.02 Å². The average Bonchev–Trinajstić information content (AvgIpc) is 2.97. The van der Waals surface area contributed by atoms with Gasteiger partial charge in [0.25, 0.3) is 5.91 Å². The molecule has 0 bridgehead atoms. The molecule has 0 aliphatic carbocycles. The molecule has 1 aromatic carbocycles. The van der Waals surface area contributed by atoms with Crippen molar-refractivity contribution in [3.63, 3.8) is 0 Å². The van der Waals surface area contributed by atoms with Crippen LogP contribution >= 0.6 is 11.6 Å². The van der Waals surface area contributed by atoms with Gasteiger partial charge >= 0.3 is 0 Å². The molecule has 1 fully saturated rings. The van der Waals surface area contributed by atoms with Crippen LogP contribution in [0.15, 0.2) is 24.3 Å². The summed E-state index contributed by atoms with van der Waals surface area (Å²) in [4.78, 5) is 21.1. The summed E-state index contributed by atoms with van der Waals surface area (Å²) in [6.07, 6.45) is 1.96. The van der Waals surface area contributed by atoms with E-state index in [-0.39, 0.29) is 11.7 Å². The van der Waals surface area contributed by atoms with Gasteiger partial charge in [0.15, 0.2) is 0 Å². The highest BCUT2D eigenvalue weighted by atomic mass is 35.5. The van der Waals surface area contributed by atoms with Crippen LogP contribution in [0.25, 0.3) is 5.69 Å². The van der Waals surface area contributed by atoms with Crippen molar-refractivity contribution in [1.29, 1.82) is 0 Å². The van der Waals surface area contributed by atoms with Gasteiger partial charge in [-0.05, 0) is 58.1 Å². The van der Waals surface area contributed by atoms with Gasteiger partial charge in [0, 0.05) is 24.2 Å². The van der Waals surface area contributed by atoms with Crippen LogP contribution in [0, 0.1) is 6.92 Å². The first-order valence-electron chi connectivity index (χ1n) is 8.11. The van der Waals surface area contributed by atoms with Crippen LogP contribution in [0.5, 0.6) is 0 Å². The van der Waals surface area contributed by atoms with Crippen molar-refractivity contribution in [2.45, 2.75) is 25.8 Å². The molecule has 3 rings (SSSR count). The molecule has 1 aliphatic rings. The lowest BCUT2D eigenvalue weighted by Crippen LogP contribution is -2.44. The number of hydrogen-bond donors (Lipinski definition) is 0. The van der Waals surface area contributed by atoms with Crippen molar-refractivity contribution in [3.8, 4) is 5.69 Å². The molecule has 1 aliphatic heterocycles. The minimum Gasteiger partial charge on any atom is -0.336 e. The molecule has 128 valence electrons. The maximum Gasteiger partial charge on any atom is 0.293 e. The number of rotatable bonds is 3. The van der Waals surface area contributed by atoms with E-state index < -0.39 is 0 Å². The van der Waals surface area contributed by atoms with Crippen LogP contribution in [-0.2, 0) is 0 Å². The molecule has 0 N–H and O–H groups in total. The molecular formula is C17H22ClN5O. The van der Waals surface area contributed by atoms with Crippen LogP contribution < -0.4 is 0 Å². The number of nitrogens with zero attached hydrogens (tertiary/aromatic N) is 5. The van der Waals surface area contributed by atoms with E-state index in [9.17, 15) is 4.79 Å². The first kappa shape index (κ1) is 16.9. The van der Waals surface area contributed by atoms with Crippen molar-refractivity contribution >= 4 is 17.5 Å². The Morgan fingerprint density at radius 2 is 1.83 bits per heavy atom. The predicted octanol–water partition coefficient (Wildman–Crippen LogP) is 2.40. The summed E-state index contributed by atoms with van der Waals surface area (Å²) in [5, 5.41) is 5.06. The zero-order valence-electron chi connectivity index (χ0n) is 14.2. The van der Waals surface area contributed by atoms with Gasteiger partial charge in [0.05, 0.1) is 5.69 Å². The van der Waals surface area contributed by atoms with E-state index in [0.29, 0.717) is 16.9 Å². The topological polar surface area (TPSA) is 54.3 Å². The number of halogens is 1. The number of amides is 1. The summed E-state index contributed by atoms with van der Waals surface area (Å²) >= 11 is 5.92. The number of benzene rings is 1. The first-order chi connectivity index (χ1) is 11.5. The number of carbonyl (C=O) groups is 1. The fraction of sp³-hybridized carbons (Fsp3) is 0.471. The predicted molar refractivity (Wildman–Crippen MR) is 93.7 cm³/mol. The highest BCUT2D eigenvalue weighted by Gasteiger charge is 2.27. The normalized spacial score (nSPS) is 16.0. The molecule has 6 nitrogen and oxygen atoms in total. The lowest BCUT2D eigenvalue weighted by Gasteiger charge is -2.34. The van der Waals surface area contributed by atoms with Gasteiger partial charge in [-0.25, -0.2) is 9.67 Å². The number of aromatic nitrogens is 3. The molecule has 0 unspecified atom stereocenters. The third kappa shape index (κ3) is 3.44. The van der Waals surface area contributed by atoms with Gasteiger partial charge in [-0.1, -0.05) is 11.6 Å². The quantitative estimate of drug-likeness (QED) is 0.855. The van der Waals surface area contributed by atoms with E-state index in [1.54, 1.807) is 16.8 Å². The second-order valence-electron chi connectivity index (χ2n) is 6.36. The molecular weight excluding hydrogens is 326 g/mol. The van der Waals surface area contributed by atoms with Gasteiger partial charge in [0.1, 0.15) is 5.82 Å². The highest BCUT2D eigenvalue weighted by Crippen LogP contribution is 2.17.